The number of hydrogen-bond donors (Lipinski definition) is 6. The normalized spacial score (nSPS) is 20.3. The predicted octanol–water partition coefficient (Wildman–Crippen LogP) is 11.8. The minimum absolute atomic E-state index is 0.264. The molecule has 1 fully saturated rings. The zero-order chi connectivity index (χ0) is 48.4. The zero-order valence-corrected chi connectivity index (χ0v) is 42.6. The van der Waals surface area contributed by atoms with E-state index in [0.29, 0.717) is 6.42 Å². The molecule has 1 saturated heterocycles. The van der Waals surface area contributed by atoms with Gasteiger partial charge in [0.15, 0.2) is 6.29 Å². The maximum Gasteiger partial charge on any atom is 0.397 e. The third-order valence-electron chi connectivity index (χ3n) is 12.7. The van der Waals surface area contributed by atoms with Gasteiger partial charge >= 0.3 is 10.4 Å². The van der Waals surface area contributed by atoms with Crippen molar-refractivity contribution in [1.29, 1.82) is 0 Å². The lowest BCUT2D eigenvalue weighted by atomic mass is 9.99. The molecule has 1 aliphatic heterocycles. The van der Waals surface area contributed by atoms with Crippen LogP contribution < -0.4 is 5.32 Å². The average Bonchev–Trinajstić information content (AvgIpc) is 3.29. The molecule has 7 atom stereocenters. The summed E-state index contributed by atoms with van der Waals surface area (Å²) in [5.74, 6) is -0.264. The van der Waals surface area contributed by atoms with Crippen molar-refractivity contribution in [3.63, 3.8) is 0 Å². The third kappa shape index (κ3) is 35.4. The van der Waals surface area contributed by atoms with Gasteiger partial charge in [0.2, 0.25) is 5.91 Å². The van der Waals surface area contributed by atoms with Gasteiger partial charge in [-0.3, -0.25) is 9.35 Å². The molecule has 1 aliphatic rings. The Morgan fingerprint density at radius 1 is 0.606 bits per heavy atom. The van der Waals surface area contributed by atoms with E-state index in [1.54, 1.807) is 6.08 Å². The molecule has 0 aliphatic carbocycles. The molecule has 0 aromatic carbocycles. The van der Waals surface area contributed by atoms with E-state index in [9.17, 15) is 38.2 Å². The number of amides is 1. The highest BCUT2D eigenvalue weighted by Gasteiger charge is 2.48. The Hall–Kier alpha value is -1.68. The Morgan fingerprint density at radius 2 is 1.02 bits per heavy atom. The fraction of sp³-hybridized carbons (Fsp3) is 0.868. The summed E-state index contributed by atoms with van der Waals surface area (Å²) in [6.07, 6.45) is 45.0. The number of allylic oxidation sites excluding steroid dienone is 5. The van der Waals surface area contributed by atoms with E-state index in [0.717, 1.165) is 44.9 Å². The molecule has 1 amide bonds. The molecule has 12 nitrogen and oxygen atoms in total. The number of unbranched alkanes of at least 4 members (excludes halogenated alkanes) is 30. The number of ether oxygens (including phenoxy) is 2. The van der Waals surface area contributed by atoms with Crippen molar-refractivity contribution in [2.75, 3.05) is 13.2 Å². The molecule has 0 spiro atoms. The molecule has 66 heavy (non-hydrogen) atoms. The van der Waals surface area contributed by atoms with Crippen LogP contribution in [-0.4, -0.2) is 95.4 Å². The highest BCUT2D eigenvalue weighted by molar-refractivity contribution is 7.80. The van der Waals surface area contributed by atoms with Gasteiger partial charge in [0.25, 0.3) is 0 Å². The van der Waals surface area contributed by atoms with E-state index in [1.807, 2.05) is 6.08 Å². The van der Waals surface area contributed by atoms with Crippen molar-refractivity contribution in [3.05, 3.63) is 36.5 Å². The third-order valence-corrected chi connectivity index (χ3v) is 13.1. The van der Waals surface area contributed by atoms with Crippen molar-refractivity contribution in [1.82, 2.24) is 5.32 Å². The zero-order valence-electron chi connectivity index (χ0n) is 41.8. The quantitative estimate of drug-likeness (QED) is 0.0193. The molecule has 0 radical (unpaired) electrons. The Balaban J connectivity index is 2.28. The van der Waals surface area contributed by atoms with Crippen molar-refractivity contribution in [3.8, 4) is 0 Å². The first-order valence-corrected chi connectivity index (χ1v) is 28.2. The van der Waals surface area contributed by atoms with Crippen LogP contribution in [0.25, 0.3) is 0 Å². The number of carbonyl (C=O) groups excluding carboxylic acids is 1. The second-order valence-corrected chi connectivity index (χ2v) is 19.9. The molecule has 0 aromatic heterocycles. The number of aliphatic hydroxyl groups is 4. The van der Waals surface area contributed by atoms with E-state index in [-0.39, 0.29) is 18.9 Å². The van der Waals surface area contributed by atoms with E-state index in [2.05, 4.69) is 47.7 Å². The van der Waals surface area contributed by atoms with E-state index < -0.39 is 59.9 Å². The molecular formula is C53H99NO11S. The molecular weight excluding hydrogens is 859 g/mol. The van der Waals surface area contributed by atoms with Crippen molar-refractivity contribution in [2.45, 2.75) is 281 Å². The van der Waals surface area contributed by atoms with Gasteiger partial charge in [-0.1, -0.05) is 217 Å². The molecule has 388 valence electrons. The summed E-state index contributed by atoms with van der Waals surface area (Å²) >= 11 is 0. The van der Waals surface area contributed by atoms with Gasteiger partial charge in [-0.05, 0) is 51.4 Å². The summed E-state index contributed by atoms with van der Waals surface area (Å²) in [4.78, 5) is 13.1. The monoisotopic (exact) mass is 958 g/mol. The highest BCUT2D eigenvalue weighted by atomic mass is 32.3. The van der Waals surface area contributed by atoms with Gasteiger partial charge in [-0.25, -0.2) is 4.18 Å². The fourth-order valence-corrected chi connectivity index (χ4v) is 8.99. The van der Waals surface area contributed by atoms with Gasteiger partial charge in [-0.2, -0.15) is 8.42 Å². The molecule has 0 saturated carbocycles. The molecule has 0 aromatic rings. The first-order valence-electron chi connectivity index (χ1n) is 26.9. The average molecular weight is 958 g/mol. The van der Waals surface area contributed by atoms with Crippen LogP contribution in [0.3, 0.4) is 0 Å². The van der Waals surface area contributed by atoms with Crippen LogP contribution in [0.2, 0.25) is 0 Å². The van der Waals surface area contributed by atoms with Gasteiger partial charge in [0, 0.05) is 6.42 Å². The minimum Gasteiger partial charge on any atom is -0.394 e. The number of rotatable bonds is 46. The minimum atomic E-state index is -5.08. The number of aliphatic hydroxyl groups excluding tert-OH is 4. The first kappa shape index (κ1) is 62.3. The van der Waals surface area contributed by atoms with Crippen molar-refractivity contribution in [2.24, 2.45) is 0 Å². The summed E-state index contributed by atoms with van der Waals surface area (Å²) in [7, 11) is -5.08. The van der Waals surface area contributed by atoms with Crippen LogP contribution in [0.5, 0.6) is 0 Å². The van der Waals surface area contributed by atoms with E-state index in [1.165, 1.54) is 167 Å². The lowest BCUT2D eigenvalue weighted by Crippen LogP contribution is -2.61. The van der Waals surface area contributed by atoms with E-state index >= 15 is 0 Å². The SMILES string of the molecule is CCCCCCCCCC/C=C/C(O)C(COC1OC(CO)C(O)C(OS(=O)(=O)O)C1O)NC(=O)CCCCCCCCCCCCCCC/C=C\C/C=C\CCCCCCCCCCC. The summed E-state index contributed by atoms with van der Waals surface area (Å²) < 4.78 is 47.6. The topological polar surface area (TPSA) is 192 Å². The summed E-state index contributed by atoms with van der Waals surface area (Å²) in [6, 6.07) is -0.942. The molecule has 1 rings (SSSR count). The fourth-order valence-electron chi connectivity index (χ4n) is 8.49. The van der Waals surface area contributed by atoms with Crippen LogP contribution in [0.15, 0.2) is 36.5 Å². The lowest BCUT2D eigenvalue weighted by Gasteiger charge is -2.41. The molecule has 6 N–H and O–H groups in total. The molecule has 13 heteroatoms. The van der Waals surface area contributed by atoms with Crippen LogP contribution in [0.4, 0.5) is 0 Å². The highest BCUT2D eigenvalue weighted by Crippen LogP contribution is 2.26. The summed E-state index contributed by atoms with van der Waals surface area (Å²) in [6.45, 7) is 3.37. The predicted molar refractivity (Wildman–Crippen MR) is 268 cm³/mol. The van der Waals surface area contributed by atoms with Gasteiger partial charge < -0.3 is 35.2 Å². The van der Waals surface area contributed by atoms with Crippen LogP contribution >= 0.6 is 0 Å². The van der Waals surface area contributed by atoms with Gasteiger partial charge in [0.1, 0.15) is 24.4 Å². The lowest BCUT2D eigenvalue weighted by molar-refractivity contribution is -0.298. The molecule has 7 unspecified atom stereocenters. The maximum atomic E-state index is 13.1. The van der Waals surface area contributed by atoms with Crippen LogP contribution in [0.1, 0.15) is 239 Å². The number of carbonyl (C=O) groups is 1. The summed E-state index contributed by atoms with van der Waals surface area (Å²) in [5.41, 5.74) is 0. The first-order chi connectivity index (χ1) is 32.0. The summed E-state index contributed by atoms with van der Waals surface area (Å²) in [5, 5.41) is 44.7. The Kier molecular flexibility index (Phi) is 40.9. The largest absolute Gasteiger partial charge is 0.397 e. The molecule has 1 heterocycles. The van der Waals surface area contributed by atoms with Gasteiger partial charge in [-0.15, -0.1) is 0 Å². The number of hydrogen-bond acceptors (Lipinski definition) is 10. The van der Waals surface area contributed by atoms with Crippen molar-refractivity contribution < 1.29 is 51.8 Å². The van der Waals surface area contributed by atoms with Crippen LogP contribution in [0, 0.1) is 0 Å². The standard InChI is InChI=1S/C53H99NO11S/c1-3-5-7-9-11-13-15-16-17-18-19-20-21-22-23-24-25-26-27-28-29-30-31-32-33-35-37-39-41-43-49(57)54-46(47(56)42-40-38-36-34-14-12-10-8-6-4-2)45-63-53-51(59)52(65-66(60,61)62)50(58)48(44-55)64-53/h19-20,22-23,40,42,46-48,50-53,55-56,58-59H,3-18,21,24-39,41,43-45H2,1-2H3,(H,54,57)(H,60,61,62)/b20-19-,23-22-,42-40+. The second kappa shape index (κ2) is 43.3. The Bertz CT molecular complexity index is 1310. The van der Waals surface area contributed by atoms with Crippen LogP contribution in [-0.2, 0) is 28.9 Å². The van der Waals surface area contributed by atoms with E-state index in [4.69, 9.17) is 9.47 Å². The van der Waals surface area contributed by atoms with Gasteiger partial charge in [0.05, 0.1) is 25.4 Å². The second-order valence-electron chi connectivity index (χ2n) is 18.8. The number of nitrogens with one attached hydrogen (secondary N) is 1. The smallest absolute Gasteiger partial charge is 0.394 e. The Morgan fingerprint density at radius 3 is 1.44 bits per heavy atom. The maximum absolute atomic E-state index is 13.1. The van der Waals surface area contributed by atoms with Crippen molar-refractivity contribution >= 4 is 16.3 Å². The Labute approximate surface area is 403 Å². The molecule has 0 bridgehead atoms.